The summed E-state index contributed by atoms with van der Waals surface area (Å²) in [5.74, 6) is 0.462. The highest BCUT2D eigenvalue weighted by Crippen LogP contribution is 2.36. The molecule has 0 radical (unpaired) electrons. The number of hydrogen-bond donors (Lipinski definition) is 1. The summed E-state index contributed by atoms with van der Waals surface area (Å²) in [6, 6.07) is 3.97. The van der Waals surface area contributed by atoms with Crippen LogP contribution in [0.4, 0.5) is 0 Å². The van der Waals surface area contributed by atoms with Crippen LogP contribution in [0.3, 0.4) is 0 Å². The van der Waals surface area contributed by atoms with Crippen LogP contribution in [0, 0.1) is 5.92 Å². The molecular formula is C21H24N4O2S. The smallest absolute Gasteiger partial charge is 0.226 e. The molecule has 1 spiro atoms. The highest BCUT2D eigenvalue weighted by molar-refractivity contribution is 7.15. The predicted octanol–water partition coefficient (Wildman–Crippen LogP) is 2.58. The van der Waals surface area contributed by atoms with Crippen molar-refractivity contribution in [3.05, 3.63) is 35.1 Å². The number of carbonyl (C=O) groups excluding carboxylic acids is 2. The van der Waals surface area contributed by atoms with Crippen molar-refractivity contribution in [2.24, 2.45) is 5.92 Å². The molecule has 3 aliphatic rings. The molecule has 6 nitrogen and oxygen atoms in total. The Bertz CT molecular complexity index is 902. The van der Waals surface area contributed by atoms with Gasteiger partial charge in [0.1, 0.15) is 5.01 Å². The normalized spacial score (nSPS) is 23.5. The Labute approximate surface area is 168 Å². The summed E-state index contributed by atoms with van der Waals surface area (Å²) in [7, 11) is 0. The Morgan fingerprint density at radius 2 is 1.96 bits per heavy atom. The first-order valence-corrected chi connectivity index (χ1v) is 10.9. The lowest BCUT2D eigenvalue weighted by Crippen LogP contribution is -2.53. The second kappa shape index (κ2) is 6.95. The molecule has 2 aliphatic heterocycles. The van der Waals surface area contributed by atoms with Gasteiger partial charge in [-0.05, 0) is 44.2 Å². The van der Waals surface area contributed by atoms with E-state index >= 15 is 0 Å². The molecule has 2 amide bonds. The Hall–Kier alpha value is -2.28. The van der Waals surface area contributed by atoms with Crippen molar-refractivity contribution in [1.82, 2.24) is 20.2 Å². The van der Waals surface area contributed by atoms with Crippen LogP contribution < -0.4 is 5.32 Å². The zero-order chi connectivity index (χ0) is 19.1. The van der Waals surface area contributed by atoms with E-state index in [9.17, 15) is 9.59 Å². The molecule has 0 bridgehead atoms. The van der Waals surface area contributed by atoms with Crippen molar-refractivity contribution in [2.45, 2.75) is 50.5 Å². The zero-order valence-electron chi connectivity index (χ0n) is 15.8. The monoisotopic (exact) mass is 396 g/mol. The van der Waals surface area contributed by atoms with Gasteiger partial charge in [-0.25, -0.2) is 4.98 Å². The zero-order valence-corrected chi connectivity index (χ0v) is 16.6. The standard InChI is InChI=1S/C21H24N4O2S/c26-18-3-6-21(24-18)7-11-25(12-8-21)20(27)15-1-2-17-16(13-15)23-19(28-17)14-4-9-22-10-5-14/h4-5,9-10,15H,1-3,6-8,11-13H2,(H,24,26). The molecule has 2 aromatic rings. The molecule has 2 aromatic heterocycles. The van der Waals surface area contributed by atoms with E-state index in [0.717, 1.165) is 67.9 Å². The summed E-state index contributed by atoms with van der Waals surface area (Å²) < 4.78 is 0. The molecule has 2 saturated heterocycles. The van der Waals surface area contributed by atoms with Crippen molar-refractivity contribution < 1.29 is 9.59 Å². The minimum atomic E-state index is -0.0536. The number of amides is 2. The van der Waals surface area contributed by atoms with Crippen molar-refractivity contribution in [3.8, 4) is 10.6 Å². The third kappa shape index (κ3) is 3.21. The molecule has 7 heteroatoms. The van der Waals surface area contributed by atoms with E-state index < -0.39 is 0 Å². The van der Waals surface area contributed by atoms with Gasteiger partial charge >= 0.3 is 0 Å². The van der Waals surface area contributed by atoms with Crippen LogP contribution >= 0.6 is 11.3 Å². The molecule has 146 valence electrons. The molecule has 1 atom stereocenters. The van der Waals surface area contributed by atoms with Gasteiger partial charge in [0.25, 0.3) is 0 Å². The topological polar surface area (TPSA) is 75.2 Å². The quantitative estimate of drug-likeness (QED) is 0.847. The molecule has 1 unspecified atom stereocenters. The lowest BCUT2D eigenvalue weighted by Gasteiger charge is -2.40. The maximum absolute atomic E-state index is 13.1. The lowest BCUT2D eigenvalue weighted by atomic mass is 9.84. The summed E-state index contributed by atoms with van der Waals surface area (Å²) in [6.45, 7) is 1.50. The van der Waals surface area contributed by atoms with Gasteiger partial charge in [-0.1, -0.05) is 0 Å². The molecule has 0 saturated carbocycles. The van der Waals surface area contributed by atoms with Crippen LogP contribution in [0.15, 0.2) is 24.5 Å². The van der Waals surface area contributed by atoms with Crippen molar-refractivity contribution in [1.29, 1.82) is 0 Å². The Kier molecular flexibility index (Phi) is 4.42. The number of aromatic nitrogens is 2. The number of pyridine rings is 1. The largest absolute Gasteiger partial charge is 0.351 e. The Balaban J connectivity index is 1.24. The number of piperidine rings is 1. The molecule has 1 N–H and O–H groups in total. The van der Waals surface area contributed by atoms with Crippen LogP contribution in [-0.2, 0) is 22.4 Å². The van der Waals surface area contributed by atoms with Crippen LogP contribution in [0.2, 0.25) is 0 Å². The highest BCUT2D eigenvalue weighted by atomic mass is 32.1. The Morgan fingerprint density at radius 1 is 1.18 bits per heavy atom. The first-order chi connectivity index (χ1) is 13.6. The fourth-order valence-electron chi connectivity index (χ4n) is 4.77. The van der Waals surface area contributed by atoms with Gasteiger partial charge < -0.3 is 10.2 Å². The number of aryl methyl sites for hydroxylation is 1. The number of hydrogen-bond acceptors (Lipinski definition) is 5. The number of thiazole rings is 1. The number of nitrogens with zero attached hydrogens (tertiary/aromatic N) is 3. The second-order valence-electron chi connectivity index (χ2n) is 8.22. The molecule has 5 rings (SSSR count). The second-order valence-corrected chi connectivity index (χ2v) is 9.30. The van der Waals surface area contributed by atoms with E-state index in [1.54, 1.807) is 23.7 Å². The maximum Gasteiger partial charge on any atom is 0.226 e. The number of carbonyl (C=O) groups is 2. The minimum Gasteiger partial charge on any atom is -0.351 e. The van der Waals surface area contributed by atoms with Gasteiger partial charge in [0.15, 0.2) is 0 Å². The number of likely N-dealkylation sites (tertiary alicyclic amines) is 1. The number of fused-ring (bicyclic) bond motifs is 1. The van der Waals surface area contributed by atoms with Crippen molar-refractivity contribution in [3.63, 3.8) is 0 Å². The molecule has 1 aliphatic carbocycles. The summed E-state index contributed by atoms with van der Waals surface area (Å²) in [6.07, 6.45) is 9.46. The Morgan fingerprint density at radius 3 is 2.68 bits per heavy atom. The fourth-order valence-corrected chi connectivity index (χ4v) is 5.88. The van der Waals surface area contributed by atoms with E-state index in [-0.39, 0.29) is 23.3 Å². The van der Waals surface area contributed by atoms with E-state index in [1.165, 1.54) is 4.88 Å². The molecule has 0 aromatic carbocycles. The van der Waals surface area contributed by atoms with Gasteiger partial charge in [0.05, 0.1) is 5.69 Å². The maximum atomic E-state index is 13.1. The first kappa shape index (κ1) is 17.8. The molecule has 4 heterocycles. The van der Waals surface area contributed by atoms with Crippen LogP contribution in [0.1, 0.15) is 42.7 Å². The van der Waals surface area contributed by atoms with E-state index in [0.29, 0.717) is 6.42 Å². The molecular weight excluding hydrogens is 372 g/mol. The fraction of sp³-hybridized carbons (Fsp3) is 0.524. The molecule has 2 fully saturated rings. The van der Waals surface area contributed by atoms with Gasteiger partial charge in [-0.3, -0.25) is 14.6 Å². The van der Waals surface area contributed by atoms with Crippen molar-refractivity contribution in [2.75, 3.05) is 13.1 Å². The van der Waals surface area contributed by atoms with E-state index in [1.807, 2.05) is 17.0 Å². The summed E-state index contributed by atoms with van der Waals surface area (Å²) in [5.41, 5.74) is 2.14. The highest BCUT2D eigenvalue weighted by Gasteiger charge is 2.42. The minimum absolute atomic E-state index is 0.0344. The van der Waals surface area contributed by atoms with Crippen LogP contribution in [0.25, 0.3) is 10.6 Å². The predicted molar refractivity (Wildman–Crippen MR) is 107 cm³/mol. The van der Waals surface area contributed by atoms with Gasteiger partial charge in [0, 0.05) is 60.2 Å². The SMILES string of the molecule is O=C1CCC2(CCN(C(=O)C3CCc4sc(-c5ccncc5)nc4C3)CC2)N1. The summed E-state index contributed by atoms with van der Waals surface area (Å²) >= 11 is 1.75. The van der Waals surface area contributed by atoms with E-state index in [2.05, 4.69) is 10.3 Å². The summed E-state index contributed by atoms with van der Waals surface area (Å²) in [4.78, 5) is 37.0. The number of rotatable bonds is 2. The van der Waals surface area contributed by atoms with E-state index in [4.69, 9.17) is 4.98 Å². The van der Waals surface area contributed by atoms with Gasteiger partial charge in [-0.15, -0.1) is 11.3 Å². The third-order valence-corrected chi connectivity index (χ3v) is 7.69. The van der Waals surface area contributed by atoms with Crippen LogP contribution in [-0.4, -0.2) is 45.3 Å². The third-order valence-electron chi connectivity index (χ3n) is 6.48. The average molecular weight is 397 g/mol. The first-order valence-electron chi connectivity index (χ1n) is 10.1. The molecule has 28 heavy (non-hydrogen) atoms. The lowest BCUT2D eigenvalue weighted by molar-refractivity contribution is -0.137. The van der Waals surface area contributed by atoms with Crippen LogP contribution in [0.5, 0.6) is 0 Å². The average Bonchev–Trinajstić information content (AvgIpc) is 3.32. The van der Waals surface area contributed by atoms with Gasteiger partial charge in [-0.2, -0.15) is 0 Å². The van der Waals surface area contributed by atoms with Crippen molar-refractivity contribution >= 4 is 23.2 Å². The van der Waals surface area contributed by atoms with Gasteiger partial charge in [0.2, 0.25) is 11.8 Å². The summed E-state index contributed by atoms with van der Waals surface area (Å²) in [5, 5.41) is 4.17. The number of nitrogens with one attached hydrogen (secondary N) is 1.